The van der Waals surface area contributed by atoms with Crippen molar-refractivity contribution in [2.75, 3.05) is 13.3 Å². The summed E-state index contributed by atoms with van der Waals surface area (Å²) in [6, 6.07) is 4.68. The van der Waals surface area contributed by atoms with E-state index >= 15 is 0 Å². The molecular formula is C13H16F3NO. The molecule has 0 aromatic heterocycles. The zero-order chi connectivity index (χ0) is 13.4. The van der Waals surface area contributed by atoms with Gasteiger partial charge in [0.2, 0.25) is 0 Å². The Labute approximate surface area is 104 Å². The fourth-order valence-corrected chi connectivity index (χ4v) is 2.67. The van der Waals surface area contributed by atoms with Gasteiger partial charge in [0.1, 0.15) is 5.82 Å². The van der Waals surface area contributed by atoms with Crippen molar-refractivity contribution in [3.8, 4) is 0 Å². The topological polar surface area (TPSA) is 46.2 Å². The van der Waals surface area contributed by atoms with E-state index in [9.17, 15) is 18.3 Å². The fraction of sp³-hybridized carbons (Fsp3) is 0.538. The molecule has 1 unspecified atom stereocenters. The molecule has 0 radical (unpaired) electrons. The average Bonchev–Trinajstić information content (AvgIpc) is 2.35. The van der Waals surface area contributed by atoms with Crippen LogP contribution in [0.1, 0.15) is 24.4 Å². The van der Waals surface area contributed by atoms with Crippen LogP contribution in [-0.4, -0.2) is 24.1 Å². The van der Waals surface area contributed by atoms with Crippen LogP contribution >= 0.6 is 0 Å². The Morgan fingerprint density at radius 1 is 1.17 bits per heavy atom. The van der Waals surface area contributed by atoms with Crippen molar-refractivity contribution >= 4 is 0 Å². The van der Waals surface area contributed by atoms with E-state index in [0.717, 1.165) is 0 Å². The van der Waals surface area contributed by atoms with Crippen molar-refractivity contribution in [3.63, 3.8) is 0 Å². The highest BCUT2D eigenvalue weighted by molar-refractivity contribution is 5.25. The molecule has 0 amide bonds. The lowest BCUT2D eigenvalue weighted by atomic mass is 9.57. The number of alkyl halides is 2. The molecule has 1 aliphatic rings. The van der Waals surface area contributed by atoms with Gasteiger partial charge in [-0.2, -0.15) is 0 Å². The zero-order valence-electron chi connectivity index (χ0n) is 9.87. The third-order valence-electron chi connectivity index (χ3n) is 3.74. The van der Waals surface area contributed by atoms with Crippen LogP contribution in [0, 0.1) is 11.2 Å². The summed E-state index contributed by atoms with van der Waals surface area (Å²) in [5, 5.41) is 10.2. The summed E-state index contributed by atoms with van der Waals surface area (Å²) in [5.41, 5.74) is 4.06. The number of hydrogen-bond acceptors (Lipinski definition) is 2. The van der Waals surface area contributed by atoms with Gasteiger partial charge in [0, 0.05) is 5.41 Å². The number of benzene rings is 1. The summed E-state index contributed by atoms with van der Waals surface area (Å²) < 4.78 is 38.2. The smallest absolute Gasteiger partial charge is 0.123 e. The molecular weight excluding hydrogens is 243 g/mol. The number of halogens is 3. The van der Waals surface area contributed by atoms with E-state index in [-0.39, 0.29) is 12.8 Å². The van der Waals surface area contributed by atoms with Gasteiger partial charge >= 0.3 is 0 Å². The van der Waals surface area contributed by atoms with Crippen molar-refractivity contribution in [3.05, 3.63) is 35.6 Å². The molecule has 1 atom stereocenters. The maximum atomic E-state index is 12.8. The summed E-state index contributed by atoms with van der Waals surface area (Å²) in [7, 11) is 0. The summed E-state index contributed by atoms with van der Waals surface area (Å²) in [5.74, 6) is -0.395. The van der Waals surface area contributed by atoms with Crippen molar-refractivity contribution in [2.24, 2.45) is 11.1 Å². The van der Waals surface area contributed by atoms with E-state index in [1.807, 2.05) is 0 Å². The van der Waals surface area contributed by atoms with E-state index in [2.05, 4.69) is 0 Å². The van der Waals surface area contributed by atoms with Crippen LogP contribution in [-0.2, 0) is 0 Å². The van der Waals surface area contributed by atoms with Crippen molar-refractivity contribution < 1.29 is 18.3 Å². The highest BCUT2D eigenvalue weighted by Crippen LogP contribution is 2.53. The van der Waals surface area contributed by atoms with Crippen molar-refractivity contribution in [2.45, 2.75) is 24.5 Å². The summed E-state index contributed by atoms with van der Waals surface area (Å²) in [6.45, 7) is -1.61. The maximum absolute atomic E-state index is 12.8. The lowest BCUT2D eigenvalue weighted by Crippen LogP contribution is -2.59. The second-order valence-electron chi connectivity index (χ2n) is 5.25. The quantitative estimate of drug-likeness (QED) is 0.871. The zero-order valence-corrected chi connectivity index (χ0v) is 9.87. The third-order valence-corrected chi connectivity index (χ3v) is 3.74. The van der Waals surface area contributed by atoms with E-state index < -0.39 is 36.2 Å². The van der Waals surface area contributed by atoms with Gasteiger partial charge < -0.3 is 10.8 Å². The molecule has 18 heavy (non-hydrogen) atoms. The van der Waals surface area contributed by atoms with Crippen LogP contribution < -0.4 is 5.73 Å². The third kappa shape index (κ3) is 2.12. The van der Waals surface area contributed by atoms with Crippen LogP contribution in [0.15, 0.2) is 24.3 Å². The van der Waals surface area contributed by atoms with Gasteiger partial charge in [-0.3, -0.25) is 8.78 Å². The summed E-state index contributed by atoms with van der Waals surface area (Å²) >= 11 is 0. The van der Waals surface area contributed by atoms with Gasteiger partial charge in [-0.05, 0) is 30.5 Å². The first-order valence-electron chi connectivity index (χ1n) is 5.80. The monoisotopic (exact) mass is 259 g/mol. The lowest BCUT2D eigenvalue weighted by molar-refractivity contribution is -0.158. The Bertz CT molecular complexity index is 409. The van der Waals surface area contributed by atoms with Gasteiger partial charge in [0.05, 0.1) is 25.0 Å². The van der Waals surface area contributed by atoms with E-state index in [4.69, 9.17) is 5.73 Å². The molecule has 0 saturated heterocycles. The fourth-order valence-electron chi connectivity index (χ4n) is 2.67. The van der Waals surface area contributed by atoms with Crippen LogP contribution in [0.25, 0.3) is 0 Å². The van der Waals surface area contributed by atoms with Crippen LogP contribution in [0.4, 0.5) is 13.2 Å². The number of aliphatic hydroxyl groups is 1. The van der Waals surface area contributed by atoms with E-state index in [0.29, 0.717) is 5.56 Å². The molecule has 5 heteroatoms. The first-order valence-corrected chi connectivity index (χ1v) is 5.80. The molecule has 1 aromatic carbocycles. The molecule has 1 aliphatic carbocycles. The van der Waals surface area contributed by atoms with Crippen LogP contribution in [0.5, 0.6) is 0 Å². The normalized spacial score (nSPS) is 22.3. The Morgan fingerprint density at radius 2 is 1.67 bits per heavy atom. The summed E-state index contributed by atoms with van der Waals surface area (Å²) in [4.78, 5) is 0. The maximum Gasteiger partial charge on any atom is 0.123 e. The SMILES string of the molecule is NC(c1ccc(F)cc1)C1(O)CC(CF)(CF)C1. The molecule has 2 rings (SSSR count). The second-order valence-corrected chi connectivity index (χ2v) is 5.25. The number of rotatable bonds is 4. The highest BCUT2D eigenvalue weighted by Gasteiger charge is 2.57. The first-order chi connectivity index (χ1) is 8.45. The van der Waals surface area contributed by atoms with Gasteiger partial charge in [-0.15, -0.1) is 0 Å². The highest BCUT2D eigenvalue weighted by atomic mass is 19.1. The summed E-state index contributed by atoms with van der Waals surface area (Å²) in [6.07, 6.45) is -0.0168. The average molecular weight is 259 g/mol. The second kappa shape index (κ2) is 4.55. The predicted octanol–water partition coefficient (Wildman–Crippen LogP) is 2.28. The van der Waals surface area contributed by atoms with Crippen molar-refractivity contribution in [1.82, 2.24) is 0 Å². The van der Waals surface area contributed by atoms with E-state index in [1.54, 1.807) is 0 Å². The molecule has 0 bridgehead atoms. The van der Waals surface area contributed by atoms with Gasteiger partial charge in [-0.25, -0.2) is 4.39 Å². The van der Waals surface area contributed by atoms with Gasteiger partial charge in [0.25, 0.3) is 0 Å². The predicted molar refractivity (Wildman–Crippen MR) is 61.9 cm³/mol. The molecule has 3 N–H and O–H groups in total. The van der Waals surface area contributed by atoms with Gasteiger partial charge in [-0.1, -0.05) is 12.1 Å². The largest absolute Gasteiger partial charge is 0.388 e. The number of nitrogens with two attached hydrogens (primary N) is 1. The lowest BCUT2D eigenvalue weighted by Gasteiger charge is -2.53. The molecule has 0 heterocycles. The number of hydrogen-bond donors (Lipinski definition) is 2. The minimum absolute atomic E-state index is 0.00839. The Kier molecular flexibility index (Phi) is 3.38. The molecule has 0 aliphatic heterocycles. The van der Waals surface area contributed by atoms with E-state index in [1.165, 1.54) is 24.3 Å². The van der Waals surface area contributed by atoms with Gasteiger partial charge in [0.15, 0.2) is 0 Å². The minimum atomic E-state index is -1.31. The Balaban J connectivity index is 2.11. The minimum Gasteiger partial charge on any atom is -0.388 e. The first kappa shape index (κ1) is 13.4. The molecule has 1 fully saturated rings. The Morgan fingerprint density at radius 3 is 2.11 bits per heavy atom. The van der Waals surface area contributed by atoms with Crippen LogP contribution in [0.2, 0.25) is 0 Å². The molecule has 1 saturated carbocycles. The Hall–Kier alpha value is -1.07. The molecule has 1 aromatic rings. The van der Waals surface area contributed by atoms with Crippen LogP contribution in [0.3, 0.4) is 0 Å². The van der Waals surface area contributed by atoms with Crippen molar-refractivity contribution in [1.29, 1.82) is 0 Å². The molecule has 100 valence electrons. The molecule has 0 spiro atoms. The molecule has 2 nitrogen and oxygen atoms in total. The standard InChI is InChI=1S/C13H16F3NO/c14-7-12(8-15)5-13(18,6-12)11(17)9-1-3-10(16)4-2-9/h1-4,11,18H,5-8,17H2.